The van der Waals surface area contributed by atoms with Crippen molar-refractivity contribution in [1.29, 1.82) is 0 Å². The first-order valence-electron chi connectivity index (χ1n) is 8.37. The van der Waals surface area contributed by atoms with E-state index >= 15 is 0 Å². The lowest BCUT2D eigenvalue weighted by molar-refractivity contribution is 0.0986. The third-order valence-corrected chi connectivity index (χ3v) is 6.15. The molecule has 1 aromatic rings. The average molecular weight is 352 g/mol. The van der Waals surface area contributed by atoms with E-state index in [1.165, 1.54) is 46.8 Å². The highest BCUT2D eigenvalue weighted by molar-refractivity contribution is 9.10. The van der Waals surface area contributed by atoms with Crippen LogP contribution in [0.2, 0.25) is 0 Å². The minimum absolute atomic E-state index is 0.429. The van der Waals surface area contributed by atoms with Gasteiger partial charge in [0.25, 0.3) is 0 Å². The first kappa shape index (κ1) is 17.0. The highest BCUT2D eigenvalue weighted by Crippen LogP contribution is 2.47. The maximum Gasteiger partial charge on any atom is 0.0356 e. The van der Waals surface area contributed by atoms with Crippen molar-refractivity contribution in [2.24, 2.45) is 11.3 Å². The normalized spacial score (nSPS) is 23.0. The second-order valence-electron chi connectivity index (χ2n) is 7.33. The van der Waals surface area contributed by atoms with Crippen LogP contribution in [0, 0.1) is 25.2 Å². The molecule has 0 bridgehead atoms. The smallest absolute Gasteiger partial charge is 0.0356 e. The van der Waals surface area contributed by atoms with Gasteiger partial charge in [-0.15, -0.1) is 0 Å². The van der Waals surface area contributed by atoms with Crippen LogP contribution >= 0.6 is 15.9 Å². The second kappa shape index (κ2) is 6.83. The molecule has 1 aliphatic rings. The van der Waals surface area contributed by atoms with Crippen molar-refractivity contribution < 1.29 is 0 Å². The lowest BCUT2D eigenvalue weighted by atomic mass is 9.64. The Kier molecular flexibility index (Phi) is 5.54. The molecule has 0 radical (unpaired) electrons. The van der Waals surface area contributed by atoms with Crippen LogP contribution in [-0.4, -0.2) is 6.54 Å². The van der Waals surface area contributed by atoms with Gasteiger partial charge in [-0.25, -0.2) is 0 Å². The standard InChI is InChI=1S/C19H30BrN/c1-6-21-18(16-9-7-8-10-19(16,4)5)15-11-14(3)17(20)12-13(15)2/h11-12,16,18,21H,6-10H2,1-5H3. The Bertz CT molecular complexity index is 493. The Morgan fingerprint density at radius 2 is 1.95 bits per heavy atom. The third kappa shape index (κ3) is 3.71. The minimum Gasteiger partial charge on any atom is -0.310 e. The average Bonchev–Trinajstić information content (AvgIpc) is 2.41. The number of halogens is 1. The van der Waals surface area contributed by atoms with Gasteiger partial charge in [-0.3, -0.25) is 0 Å². The molecular formula is C19H30BrN. The molecule has 1 N–H and O–H groups in total. The molecule has 0 saturated heterocycles. The summed E-state index contributed by atoms with van der Waals surface area (Å²) in [5, 5.41) is 3.80. The van der Waals surface area contributed by atoms with E-state index in [4.69, 9.17) is 0 Å². The van der Waals surface area contributed by atoms with Gasteiger partial charge >= 0.3 is 0 Å². The van der Waals surface area contributed by atoms with E-state index in [9.17, 15) is 0 Å². The predicted molar refractivity (Wildman–Crippen MR) is 95.8 cm³/mol. The topological polar surface area (TPSA) is 12.0 Å². The van der Waals surface area contributed by atoms with Crippen LogP contribution in [0.4, 0.5) is 0 Å². The number of hydrogen-bond donors (Lipinski definition) is 1. The van der Waals surface area contributed by atoms with E-state index in [1.807, 2.05) is 0 Å². The molecule has 2 unspecified atom stereocenters. The number of hydrogen-bond acceptors (Lipinski definition) is 1. The molecule has 2 rings (SSSR count). The largest absolute Gasteiger partial charge is 0.310 e. The van der Waals surface area contributed by atoms with E-state index in [0.717, 1.165) is 12.5 Å². The lowest BCUT2D eigenvalue weighted by Gasteiger charge is -2.44. The third-order valence-electron chi connectivity index (χ3n) is 5.30. The van der Waals surface area contributed by atoms with Gasteiger partial charge in [0.1, 0.15) is 0 Å². The summed E-state index contributed by atoms with van der Waals surface area (Å²) in [5.74, 6) is 0.727. The van der Waals surface area contributed by atoms with Crippen LogP contribution in [0.15, 0.2) is 16.6 Å². The summed E-state index contributed by atoms with van der Waals surface area (Å²) >= 11 is 3.67. The molecule has 1 saturated carbocycles. The monoisotopic (exact) mass is 351 g/mol. The first-order valence-corrected chi connectivity index (χ1v) is 9.16. The molecule has 0 aliphatic heterocycles. The molecule has 1 nitrogen and oxygen atoms in total. The van der Waals surface area contributed by atoms with Gasteiger partial charge in [0, 0.05) is 10.5 Å². The zero-order chi connectivity index (χ0) is 15.6. The van der Waals surface area contributed by atoms with Crippen molar-refractivity contribution >= 4 is 15.9 Å². The fourth-order valence-electron chi connectivity index (χ4n) is 3.97. The SMILES string of the molecule is CCNC(c1cc(C)c(Br)cc1C)C1CCCCC1(C)C. The molecule has 0 aromatic heterocycles. The minimum atomic E-state index is 0.429. The van der Waals surface area contributed by atoms with Crippen molar-refractivity contribution in [3.8, 4) is 0 Å². The summed E-state index contributed by atoms with van der Waals surface area (Å²) in [6, 6.07) is 5.15. The van der Waals surface area contributed by atoms with Gasteiger partial charge in [-0.05, 0) is 67.3 Å². The zero-order valence-electron chi connectivity index (χ0n) is 14.2. The van der Waals surface area contributed by atoms with Crippen LogP contribution in [0.5, 0.6) is 0 Å². The van der Waals surface area contributed by atoms with Crippen LogP contribution in [0.3, 0.4) is 0 Å². The lowest BCUT2D eigenvalue weighted by Crippen LogP contribution is -2.39. The van der Waals surface area contributed by atoms with Gasteiger partial charge in [-0.1, -0.05) is 55.6 Å². The van der Waals surface area contributed by atoms with Crippen LogP contribution < -0.4 is 5.32 Å². The van der Waals surface area contributed by atoms with Crippen LogP contribution in [0.25, 0.3) is 0 Å². The Hall–Kier alpha value is -0.340. The van der Waals surface area contributed by atoms with Crippen molar-refractivity contribution in [2.45, 2.75) is 66.3 Å². The molecule has 0 heterocycles. The molecule has 1 fully saturated rings. The fraction of sp³-hybridized carbons (Fsp3) is 0.684. The molecule has 2 heteroatoms. The Morgan fingerprint density at radius 3 is 2.57 bits per heavy atom. The Balaban J connectivity index is 2.41. The first-order chi connectivity index (χ1) is 9.86. The quantitative estimate of drug-likeness (QED) is 0.708. The molecule has 1 aromatic carbocycles. The fourth-order valence-corrected chi connectivity index (χ4v) is 4.42. The van der Waals surface area contributed by atoms with Crippen molar-refractivity contribution in [3.63, 3.8) is 0 Å². The number of nitrogens with one attached hydrogen (secondary N) is 1. The number of aryl methyl sites for hydroxylation is 2. The molecule has 118 valence electrons. The highest BCUT2D eigenvalue weighted by Gasteiger charge is 2.38. The summed E-state index contributed by atoms with van der Waals surface area (Å²) < 4.78 is 1.22. The van der Waals surface area contributed by atoms with E-state index in [2.05, 4.69) is 68.0 Å². The summed E-state index contributed by atoms with van der Waals surface area (Å²) in [7, 11) is 0. The predicted octanol–water partition coefficient (Wildman–Crippen LogP) is 5.93. The summed E-state index contributed by atoms with van der Waals surface area (Å²) in [6.07, 6.45) is 5.47. The van der Waals surface area contributed by atoms with Crippen LogP contribution in [-0.2, 0) is 0 Å². The van der Waals surface area contributed by atoms with E-state index < -0.39 is 0 Å². The maximum atomic E-state index is 3.80. The van der Waals surface area contributed by atoms with Gasteiger partial charge in [0.05, 0.1) is 0 Å². The van der Waals surface area contributed by atoms with Crippen molar-refractivity contribution in [3.05, 3.63) is 33.3 Å². The molecule has 2 atom stereocenters. The molecule has 0 spiro atoms. The van der Waals surface area contributed by atoms with Crippen molar-refractivity contribution in [1.82, 2.24) is 5.32 Å². The second-order valence-corrected chi connectivity index (χ2v) is 8.19. The van der Waals surface area contributed by atoms with Crippen LogP contribution in [0.1, 0.15) is 69.2 Å². The molecular weight excluding hydrogens is 322 g/mol. The number of rotatable bonds is 4. The molecule has 0 amide bonds. The van der Waals surface area contributed by atoms with Crippen molar-refractivity contribution in [2.75, 3.05) is 6.54 Å². The van der Waals surface area contributed by atoms with E-state index in [-0.39, 0.29) is 0 Å². The van der Waals surface area contributed by atoms with Gasteiger partial charge < -0.3 is 5.32 Å². The Labute approximate surface area is 139 Å². The van der Waals surface area contributed by atoms with E-state index in [1.54, 1.807) is 0 Å². The molecule has 21 heavy (non-hydrogen) atoms. The van der Waals surface area contributed by atoms with Gasteiger partial charge in [-0.2, -0.15) is 0 Å². The zero-order valence-corrected chi connectivity index (χ0v) is 15.8. The Morgan fingerprint density at radius 1 is 1.24 bits per heavy atom. The summed E-state index contributed by atoms with van der Waals surface area (Å²) in [5.41, 5.74) is 4.67. The summed E-state index contributed by atoms with van der Waals surface area (Å²) in [4.78, 5) is 0. The molecule has 1 aliphatic carbocycles. The van der Waals surface area contributed by atoms with Gasteiger partial charge in [0.2, 0.25) is 0 Å². The summed E-state index contributed by atoms with van der Waals surface area (Å²) in [6.45, 7) is 12.6. The van der Waals surface area contributed by atoms with Gasteiger partial charge in [0.15, 0.2) is 0 Å². The number of benzene rings is 1. The maximum absolute atomic E-state index is 3.80. The van der Waals surface area contributed by atoms with E-state index in [0.29, 0.717) is 11.5 Å². The highest BCUT2D eigenvalue weighted by atomic mass is 79.9.